The molecule has 0 aromatic rings. The van der Waals surface area contributed by atoms with E-state index in [2.05, 4.69) is 5.32 Å². The molecule has 2 unspecified atom stereocenters. The van der Waals surface area contributed by atoms with Crippen molar-refractivity contribution in [3.05, 3.63) is 0 Å². The number of nitrogens with one attached hydrogen (secondary N) is 1. The summed E-state index contributed by atoms with van der Waals surface area (Å²) in [7, 11) is 0. The standard InChI is InChI=1S/C12H19NO/c14-12-10(8-4-2-1-3-5-8)11(13-12)9-6-7-9/h8-11H,1-7H2,(H,13,14). The third kappa shape index (κ3) is 1.35. The lowest BCUT2D eigenvalue weighted by Gasteiger charge is -2.43. The quantitative estimate of drug-likeness (QED) is 0.668. The summed E-state index contributed by atoms with van der Waals surface area (Å²) in [6.07, 6.45) is 9.42. The minimum atomic E-state index is 0.355. The molecule has 1 saturated heterocycles. The second kappa shape index (κ2) is 3.25. The maximum Gasteiger partial charge on any atom is 0.225 e. The monoisotopic (exact) mass is 193 g/mol. The third-order valence-corrected chi connectivity index (χ3v) is 4.29. The van der Waals surface area contributed by atoms with Crippen LogP contribution in [0.15, 0.2) is 0 Å². The number of hydrogen-bond acceptors (Lipinski definition) is 1. The molecule has 1 N–H and O–H groups in total. The van der Waals surface area contributed by atoms with E-state index >= 15 is 0 Å². The summed E-state index contributed by atoms with van der Waals surface area (Å²) in [5, 5.41) is 3.11. The lowest BCUT2D eigenvalue weighted by Crippen LogP contribution is -2.62. The zero-order valence-corrected chi connectivity index (χ0v) is 8.67. The molecular weight excluding hydrogens is 174 g/mol. The first-order valence-electron chi connectivity index (χ1n) is 6.16. The van der Waals surface area contributed by atoms with Gasteiger partial charge in [-0.3, -0.25) is 4.79 Å². The van der Waals surface area contributed by atoms with Crippen molar-refractivity contribution in [2.24, 2.45) is 17.8 Å². The summed E-state index contributed by atoms with van der Waals surface area (Å²) in [5.74, 6) is 2.33. The van der Waals surface area contributed by atoms with Crippen LogP contribution in [0, 0.1) is 17.8 Å². The van der Waals surface area contributed by atoms with Crippen LogP contribution in [-0.2, 0) is 4.79 Å². The van der Waals surface area contributed by atoms with E-state index in [-0.39, 0.29) is 0 Å². The summed E-state index contributed by atoms with van der Waals surface area (Å²) < 4.78 is 0. The van der Waals surface area contributed by atoms with Crippen molar-refractivity contribution < 1.29 is 4.79 Å². The van der Waals surface area contributed by atoms with Crippen molar-refractivity contribution in [1.29, 1.82) is 0 Å². The molecule has 0 aromatic carbocycles. The van der Waals surface area contributed by atoms with E-state index in [1.807, 2.05) is 0 Å². The van der Waals surface area contributed by atoms with Crippen molar-refractivity contribution in [2.75, 3.05) is 0 Å². The highest BCUT2D eigenvalue weighted by atomic mass is 16.2. The summed E-state index contributed by atoms with van der Waals surface area (Å²) >= 11 is 0. The molecule has 14 heavy (non-hydrogen) atoms. The van der Waals surface area contributed by atoms with Crippen LogP contribution in [0.3, 0.4) is 0 Å². The average molecular weight is 193 g/mol. The van der Waals surface area contributed by atoms with Gasteiger partial charge in [-0.05, 0) is 37.5 Å². The Labute approximate surface area is 85.4 Å². The van der Waals surface area contributed by atoms with Crippen molar-refractivity contribution in [3.8, 4) is 0 Å². The van der Waals surface area contributed by atoms with E-state index in [0.29, 0.717) is 17.9 Å². The second-order valence-corrected chi connectivity index (χ2v) is 5.30. The Morgan fingerprint density at radius 3 is 2.21 bits per heavy atom. The Balaban J connectivity index is 1.65. The van der Waals surface area contributed by atoms with Gasteiger partial charge in [0, 0.05) is 6.04 Å². The molecular formula is C12H19NO. The Kier molecular flexibility index (Phi) is 2.03. The van der Waals surface area contributed by atoms with Crippen LogP contribution in [0.5, 0.6) is 0 Å². The molecule has 1 aliphatic heterocycles. The Hall–Kier alpha value is -0.530. The van der Waals surface area contributed by atoms with Gasteiger partial charge in [-0.2, -0.15) is 0 Å². The first-order chi connectivity index (χ1) is 6.86. The molecule has 2 saturated carbocycles. The first kappa shape index (κ1) is 8.75. The third-order valence-electron chi connectivity index (χ3n) is 4.29. The fourth-order valence-electron chi connectivity index (χ4n) is 3.28. The van der Waals surface area contributed by atoms with E-state index in [1.165, 1.54) is 44.9 Å². The van der Waals surface area contributed by atoms with Gasteiger partial charge in [0.15, 0.2) is 0 Å². The van der Waals surface area contributed by atoms with Crippen LogP contribution >= 0.6 is 0 Å². The van der Waals surface area contributed by atoms with Crippen LogP contribution in [0.4, 0.5) is 0 Å². The maximum atomic E-state index is 11.6. The maximum absolute atomic E-state index is 11.6. The predicted molar refractivity (Wildman–Crippen MR) is 54.7 cm³/mol. The summed E-state index contributed by atoms with van der Waals surface area (Å²) in [6.45, 7) is 0. The van der Waals surface area contributed by atoms with Gasteiger partial charge >= 0.3 is 0 Å². The van der Waals surface area contributed by atoms with Crippen LogP contribution in [-0.4, -0.2) is 11.9 Å². The molecule has 1 amide bonds. The SMILES string of the molecule is O=C1NC(C2CC2)C1C1CCCCC1. The minimum Gasteiger partial charge on any atom is -0.352 e. The fraction of sp³-hybridized carbons (Fsp3) is 0.917. The smallest absolute Gasteiger partial charge is 0.225 e. The Morgan fingerprint density at radius 1 is 0.929 bits per heavy atom. The molecule has 0 radical (unpaired) electrons. The zero-order valence-electron chi connectivity index (χ0n) is 8.67. The molecule has 2 aliphatic carbocycles. The highest BCUT2D eigenvalue weighted by Crippen LogP contribution is 2.45. The van der Waals surface area contributed by atoms with Crippen molar-refractivity contribution in [1.82, 2.24) is 5.32 Å². The molecule has 78 valence electrons. The van der Waals surface area contributed by atoms with E-state index < -0.39 is 0 Å². The van der Waals surface area contributed by atoms with Gasteiger partial charge < -0.3 is 5.32 Å². The molecule has 3 aliphatic rings. The van der Waals surface area contributed by atoms with Gasteiger partial charge in [0.05, 0.1) is 5.92 Å². The predicted octanol–water partition coefficient (Wildman–Crippen LogP) is 2.09. The highest BCUT2D eigenvalue weighted by molar-refractivity contribution is 5.86. The summed E-state index contributed by atoms with van der Waals surface area (Å²) in [4.78, 5) is 11.6. The van der Waals surface area contributed by atoms with Crippen LogP contribution in [0.25, 0.3) is 0 Å². The first-order valence-corrected chi connectivity index (χ1v) is 6.16. The largest absolute Gasteiger partial charge is 0.352 e. The Bertz CT molecular complexity index is 241. The van der Waals surface area contributed by atoms with E-state index in [4.69, 9.17) is 0 Å². The van der Waals surface area contributed by atoms with Gasteiger partial charge in [-0.15, -0.1) is 0 Å². The zero-order chi connectivity index (χ0) is 9.54. The number of hydrogen-bond donors (Lipinski definition) is 1. The average Bonchev–Trinajstić information content (AvgIpc) is 2.99. The molecule has 1 heterocycles. The minimum absolute atomic E-state index is 0.355. The molecule has 2 nitrogen and oxygen atoms in total. The summed E-state index contributed by atoms with van der Waals surface area (Å²) in [5.41, 5.74) is 0. The van der Waals surface area contributed by atoms with Crippen LogP contribution in [0.1, 0.15) is 44.9 Å². The van der Waals surface area contributed by atoms with Crippen LogP contribution < -0.4 is 5.32 Å². The normalized spacial score (nSPS) is 39.0. The van der Waals surface area contributed by atoms with Crippen molar-refractivity contribution in [3.63, 3.8) is 0 Å². The van der Waals surface area contributed by atoms with E-state index in [9.17, 15) is 4.79 Å². The fourth-order valence-corrected chi connectivity index (χ4v) is 3.28. The van der Waals surface area contributed by atoms with Gasteiger partial charge in [0.1, 0.15) is 0 Å². The van der Waals surface area contributed by atoms with Crippen molar-refractivity contribution >= 4 is 5.91 Å². The topological polar surface area (TPSA) is 29.1 Å². The highest BCUT2D eigenvalue weighted by Gasteiger charge is 2.50. The number of carbonyl (C=O) groups excluding carboxylic acids is 1. The lowest BCUT2D eigenvalue weighted by molar-refractivity contribution is -0.139. The molecule has 2 heteroatoms. The van der Waals surface area contributed by atoms with Gasteiger partial charge in [-0.1, -0.05) is 19.3 Å². The van der Waals surface area contributed by atoms with Crippen molar-refractivity contribution in [2.45, 2.75) is 51.0 Å². The molecule has 3 rings (SSSR count). The van der Waals surface area contributed by atoms with Gasteiger partial charge in [0.2, 0.25) is 5.91 Å². The molecule has 2 atom stereocenters. The van der Waals surface area contributed by atoms with Crippen LogP contribution in [0.2, 0.25) is 0 Å². The Morgan fingerprint density at radius 2 is 1.64 bits per heavy atom. The number of β-lactam (4-membered cyclic amide) rings is 1. The number of carbonyl (C=O) groups is 1. The number of rotatable bonds is 2. The van der Waals surface area contributed by atoms with E-state index in [1.54, 1.807) is 0 Å². The lowest BCUT2D eigenvalue weighted by atomic mass is 9.71. The van der Waals surface area contributed by atoms with E-state index in [0.717, 1.165) is 11.8 Å². The van der Waals surface area contributed by atoms with Gasteiger partial charge in [0.25, 0.3) is 0 Å². The molecule has 0 spiro atoms. The number of amides is 1. The van der Waals surface area contributed by atoms with Gasteiger partial charge in [-0.25, -0.2) is 0 Å². The summed E-state index contributed by atoms with van der Waals surface area (Å²) in [6, 6.07) is 0.575. The molecule has 0 aromatic heterocycles. The molecule has 3 fully saturated rings. The molecule has 0 bridgehead atoms. The second-order valence-electron chi connectivity index (χ2n) is 5.30.